The molecule has 3 N–H and O–H groups in total. The van der Waals surface area contributed by atoms with E-state index in [9.17, 15) is 19.4 Å². The highest BCUT2D eigenvalue weighted by molar-refractivity contribution is 7.47. The quantitative estimate of drug-likeness (QED) is 0.0243. The first-order valence-corrected chi connectivity index (χ1v) is 36.5. The number of phosphoric ester groups is 1. The van der Waals surface area contributed by atoms with Crippen molar-refractivity contribution in [1.82, 2.24) is 5.32 Å². The maximum absolute atomic E-state index is 13.1. The number of allylic oxidation sites excluding steroid dienone is 8. The van der Waals surface area contributed by atoms with Crippen LogP contribution in [0.5, 0.6) is 0 Å². The number of aliphatic hydroxyl groups is 1. The second-order valence-electron chi connectivity index (χ2n) is 25.2. The van der Waals surface area contributed by atoms with Crippen molar-refractivity contribution in [1.29, 1.82) is 0 Å². The standard InChI is InChI=1S/C71H137N2O6P/c1-6-8-10-12-14-16-18-20-22-24-26-28-30-32-34-35-36-37-39-41-43-45-47-49-51-53-55-57-59-61-63-65-71(75)72-69(68-79-80(76,77)78-67-66-73(3,4)5)70(74)64-62-60-58-56-54-52-50-48-46-44-42-40-38-33-31-29-27-25-23-21-19-17-15-13-11-9-7-2/h8,10,14,16,20,22,26,28,69-70,74H,6-7,9,11-13,15,17-19,21,23-25,27,29-68H2,1-5H3,(H-,72,75,76,77)/p+1/b10-8-,16-14-,22-20-,28-26-. The van der Waals surface area contributed by atoms with Crippen LogP contribution in [0.4, 0.5) is 0 Å². The zero-order valence-corrected chi connectivity index (χ0v) is 55.0. The molecule has 0 heterocycles. The third-order valence-corrected chi connectivity index (χ3v) is 17.1. The Labute approximate surface area is 499 Å². The molecule has 0 aromatic rings. The van der Waals surface area contributed by atoms with Crippen LogP contribution in [-0.2, 0) is 18.4 Å². The highest BCUT2D eigenvalue weighted by Gasteiger charge is 2.28. The molecule has 0 aliphatic rings. The Kier molecular flexibility index (Phi) is 60.8. The fourth-order valence-electron chi connectivity index (χ4n) is 10.7. The van der Waals surface area contributed by atoms with Crippen LogP contribution in [0.3, 0.4) is 0 Å². The van der Waals surface area contributed by atoms with Crippen LogP contribution in [0, 0.1) is 0 Å². The van der Waals surface area contributed by atoms with Crippen molar-refractivity contribution >= 4 is 13.7 Å². The summed E-state index contributed by atoms with van der Waals surface area (Å²) in [7, 11) is 1.63. The lowest BCUT2D eigenvalue weighted by Crippen LogP contribution is -2.46. The Morgan fingerprint density at radius 1 is 0.438 bits per heavy atom. The molecular weight excluding hydrogens is 1010 g/mol. The molecule has 0 aliphatic carbocycles. The molecule has 0 spiro atoms. The fraction of sp³-hybridized carbons (Fsp3) is 0.873. The molecule has 3 atom stereocenters. The Morgan fingerprint density at radius 2 is 0.750 bits per heavy atom. The number of likely N-dealkylation sites (N-methyl/N-ethyl adjacent to an activating group) is 1. The topological polar surface area (TPSA) is 105 Å². The average molecular weight is 1150 g/mol. The number of unbranched alkanes of at least 4 members (excludes halogenated alkanes) is 44. The highest BCUT2D eigenvalue weighted by atomic mass is 31.2. The summed E-state index contributed by atoms with van der Waals surface area (Å²) in [4.78, 5) is 23.5. The number of nitrogens with one attached hydrogen (secondary N) is 1. The van der Waals surface area contributed by atoms with Crippen molar-refractivity contribution in [2.24, 2.45) is 0 Å². The minimum Gasteiger partial charge on any atom is -0.391 e. The lowest BCUT2D eigenvalue weighted by atomic mass is 10.0. The van der Waals surface area contributed by atoms with E-state index in [2.05, 4.69) is 67.8 Å². The first-order valence-electron chi connectivity index (χ1n) is 35.0. The van der Waals surface area contributed by atoms with Gasteiger partial charge in [-0.3, -0.25) is 13.8 Å². The first-order chi connectivity index (χ1) is 39.0. The fourth-order valence-corrected chi connectivity index (χ4v) is 11.4. The molecule has 8 nitrogen and oxygen atoms in total. The van der Waals surface area contributed by atoms with Crippen molar-refractivity contribution < 1.29 is 32.9 Å². The van der Waals surface area contributed by atoms with Crippen LogP contribution in [-0.4, -0.2) is 73.4 Å². The minimum atomic E-state index is -4.33. The summed E-state index contributed by atoms with van der Waals surface area (Å²) >= 11 is 0. The lowest BCUT2D eigenvalue weighted by molar-refractivity contribution is -0.870. The summed E-state index contributed by atoms with van der Waals surface area (Å²) in [5, 5.41) is 14.2. The predicted octanol–water partition coefficient (Wildman–Crippen LogP) is 22.2. The van der Waals surface area contributed by atoms with E-state index in [0.717, 1.165) is 64.2 Å². The van der Waals surface area contributed by atoms with Gasteiger partial charge in [-0.1, -0.05) is 339 Å². The van der Waals surface area contributed by atoms with Gasteiger partial charge in [-0.15, -0.1) is 0 Å². The molecule has 3 unspecified atom stereocenters. The summed E-state index contributed by atoms with van der Waals surface area (Å²) < 4.78 is 23.9. The van der Waals surface area contributed by atoms with Gasteiger partial charge >= 0.3 is 7.82 Å². The maximum Gasteiger partial charge on any atom is 0.472 e. The molecule has 9 heteroatoms. The number of hydrogen-bond acceptors (Lipinski definition) is 5. The number of carbonyl (C=O) groups is 1. The van der Waals surface area contributed by atoms with Crippen molar-refractivity contribution in [3.63, 3.8) is 0 Å². The Morgan fingerprint density at radius 3 is 1.10 bits per heavy atom. The van der Waals surface area contributed by atoms with E-state index in [1.807, 2.05) is 21.1 Å². The van der Waals surface area contributed by atoms with E-state index < -0.39 is 20.0 Å². The van der Waals surface area contributed by atoms with Crippen molar-refractivity contribution in [3.8, 4) is 0 Å². The van der Waals surface area contributed by atoms with Gasteiger partial charge in [0, 0.05) is 6.42 Å². The van der Waals surface area contributed by atoms with Crippen LogP contribution in [0.1, 0.15) is 348 Å². The van der Waals surface area contributed by atoms with Gasteiger partial charge in [-0.05, 0) is 51.4 Å². The number of rotatable bonds is 65. The van der Waals surface area contributed by atoms with Gasteiger partial charge in [0.25, 0.3) is 0 Å². The molecule has 0 aromatic heterocycles. The van der Waals surface area contributed by atoms with E-state index in [1.165, 1.54) is 257 Å². The molecule has 0 radical (unpaired) electrons. The van der Waals surface area contributed by atoms with E-state index in [0.29, 0.717) is 23.9 Å². The lowest BCUT2D eigenvalue weighted by Gasteiger charge is -2.26. The largest absolute Gasteiger partial charge is 0.472 e. The minimum absolute atomic E-state index is 0.0760. The van der Waals surface area contributed by atoms with Crippen LogP contribution >= 0.6 is 7.82 Å². The third-order valence-electron chi connectivity index (χ3n) is 16.1. The van der Waals surface area contributed by atoms with Gasteiger partial charge in [-0.25, -0.2) is 4.57 Å². The third kappa shape index (κ3) is 64.0. The Hall–Kier alpha value is -1.54. The number of phosphoric acid groups is 1. The average Bonchev–Trinajstić information content (AvgIpc) is 3.42. The summed E-state index contributed by atoms with van der Waals surface area (Å²) in [6.45, 7) is 4.83. The molecule has 0 saturated carbocycles. The van der Waals surface area contributed by atoms with Crippen molar-refractivity contribution in [3.05, 3.63) is 48.6 Å². The molecule has 0 bridgehead atoms. The second kappa shape index (κ2) is 62.0. The van der Waals surface area contributed by atoms with Gasteiger partial charge in [0.05, 0.1) is 39.9 Å². The number of quaternary nitrogens is 1. The van der Waals surface area contributed by atoms with Crippen molar-refractivity contribution in [2.75, 3.05) is 40.9 Å². The highest BCUT2D eigenvalue weighted by Crippen LogP contribution is 2.43. The van der Waals surface area contributed by atoms with Crippen LogP contribution < -0.4 is 5.32 Å². The number of hydrogen-bond donors (Lipinski definition) is 3. The predicted molar refractivity (Wildman–Crippen MR) is 351 cm³/mol. The summed E-state index contributed by atoms with van der Waals surface area (Å²) in [5.41, 5.74) is 0. The molecule has 0 aliphatic heterocycles. The SMILES string of the molecule is CC/C=C\C/C=C\C/C=C\C/C=C\CCCCCCCCCCCCCCCCCCCCC(=O)NC(COP(=O)(O)OCC[N+](C)(C)C)C(O)CCCCCCCCCCCCCCCCCCCCCCCCCCCCC. The van der Waals surface area contributed by atoms with E-state index in [-0.39, 0.29) is 19.1 Å². The zero-order valence-electron chi connectivity index (χ0n) is 54.1. The summed E-state index contributed by atoms with van der Waals surface area (Å²) in [6.07, 6.45) is 83.5. The van der Waals surface area contributed by atoms with E-state index >= 15 is 0 Å². The van der Waals surface area contributed by atoms with Gasteiger partial charge in [0.1, 0.15) is 13.2 Å². The molecule has 472 valence electrons. The molecule has 1 amide bonds. The number of nitrogens with zero attached hydrogens (tertiary/aromatic N) is 1. The summed E-state index contributed by atoms with van der Waals surface area (Å²) in [5.74, 6) is -0.138. The van der Waals surface area contributed by atoms with E-state index in [1.54, 1.807) is 0 Å². The van der Waals surface area contributed by atoms with Gasteiger partial charge < -0.3 is 19.8 Å². The molecule has 0 saturated heterocycles. The zero-order chi connectivity index (χ0) is 58.4. The number of carbonyl (C=O) groups excluding carboxylic acids is 1. The van der Waals surface area contributed by atoms with Gasteiger partial charge in [-0.2, -0.15) is 0 Å². The van der Waals surface area contributed by atoms with Gasteiger partial charge in [0.15, 0.2) is 0 Å². The van der Waals surface area contributed by atoms with Crippen LogP contribution in [0.2, 0.25) is 0 Å². The normalized spacial score (nSPS) is 13.9. The molecule has 0 rings (SSSR count). The molecule has 0 aromatic carbocycles. The first kappa shape index (κ1) is 78.5. The van der Waals surface area contributed by atoms with E-state index in [4.69, 9.17) is 9.05 Å². The monoisotopic (exact) mass is 1150 g/mol. The smallest absolute Gasteiger partial charge is 0.391 e. The summed E-state index contributed by atoms with van der Waals surface area (Å²) in [6, 6.07) is -0.762. The number of amides is 1. The van der Waals surface area contributed by atoms with Crippen LogP contribution in [0.15, 0.2) is 48.6 Å². The van der Waals surface area contributed by atoms with Crippen molar-refractivity contribution in [2.45, 2.75) is 360 Å². The Balaban J connectivity index is 4.01. The second-order valence-corrected chi connectivity index (χ2v) is 26.7. The van der Waals surface area contributed by atoms with Gasteiger partial charge in [0.2, 0.25) is 5.91 Å². The maximum atomic E-state index is 13.1. The number of aliphatic hydroxyl groups excluding tert-OH is 1. The van der Waals surface area contributed by atoms with Crippen LogP contribution in [0.25, 0.3) is 0 Å². The molecule has 80 heavy (non-hydrogen) atoms. The molecule has 0 fully saturated rings. The Bertz CT molecular complexity index is 1440. The molecular formula is C71H138N2O6P+.